The van der Waals surface area contributed by atoms with Gasteiger partial charge in [-0.3, -0.25) is 10.1 Å². The highest BCUT2D eigenvalue weighted by Gasteiger charge is 2.21. The van der Waals surface area contributed by atoms with Gasteiger partial charge in [-0.1, -0.05) is 18.2 Å². The van der Waals surface area contributed by atoms with Crippen LogP contribution in [0.5, 0.6) is 0 Å². The fourth-order valence-electron chi connectivity index (χ4n) is 3.80. The van der Waals surface area contributed by atoms with Crippen LogP contribution in [0, 0.1) is 6.92 Å². The molecule has 1 aromatic carbocycles. The molecule has 5 N–H and O–H groups in total. The zero-order chi connectivity index (χ0) is 26.4. The van der Waals surface area contributed by atoms with Crippen molar-refractivity contribution in [1.29, 1.82) is 0 Å². The quantitative estimate of drug-likeness (QED) is 0.254. The first kappa shape index (κ1) is 25.6. The number of aromatic nitrogens is 4. The Hall–Kier alpha value is -4.51. The van der Waals surface area contributed by atoms with Crippen LogP contribution in [-0.2, 0) is 4.74 Å². The number of hydrogen-bond donors (Lipinski definition) is 4. The highest BCUT2D eigenvalue weighted by molar-refractivity contribution is 6.07. The number of carbonyl (C=O) groups excluding carboxylic acids is 2. The lowest BCUT2D eigenvalue weighted by Gasteiger charge is -2.10. The molecular weight excluding hydrogens is 472 g/mol. The molecule has 0 unspecified atom stereocenters. The lowest BCUT2D eigenvalue weighted by molar-refractivity contribution is 0.0757. The predicted molar refractivity (Wildman–Crippen MR) is 142 cm³/mol. The van der Waals surface area contributed by atoms with Gasteiger partial charge in [-0.25, -0.2) is 19.3 Å². The normalized spacial score (nSPS) is 11.0. The fourth-order valence-corrected chi connectivity index (χ4v) is 3.80. The van der Waals surface area contributed by atoms with Crippen molar-refractivity contribution in [2.24, 2.45) is 0 Å². The molecule has 0 saturated heterocycles. The van der Waals surface area contributed by atoms with Crippen LogP contribution in [0.15, 0.2) is 55.0 Å². The maximum absolute atomic E-state index is 13.1. The van der Waals surface area contributed by atoms with Gasteiger partial charge in [-0.2, -0.15) is 5.10 Å². The van der Waals surface area contributed by atoms with Gasteiger partial charge in [0.05, 0.1) is 11.7 Å². The third-order valence-corrected chi connectivity index (χ3v) is 5.47. The molecule has 0 aliphatic heterocycles. The highest BCUT2D eigenvalue weighted by atomic mass is 16.5. The summed E-state index contributed by atoms with van der Waals surface area (Å²) in [6.45, 7) is 6.81. The molecule has 192 valence electrons. The maximum Gasteiger partial charge on any atom is 0.324 e. The summed E-state index contributed by atoms with van der Waals surface area (Å²) >= 11 is 0. The van der Waals surface area contributed by atoms with E-state index in [1.807, 2.05) is 32.9 Å². The molecule has 4 rings (SSSR count). The number of aryl methyl sites for hydroxylation is 1. The number of fused-ring (bicyclic) bond motifs is 1. The number of amides is 3. The van der Waals surface area contributed by atoms with E-state index in [-0.39, 0.29) is 17.8 Å². The van der Waals surface area contributed by atoms with E-state index in [4.69, 9.17) is 10.5 Å². The largest absolute Gasteiger partial charge is 0.382 e. The molecule has 0 fully saturated rings. The van der Waals surface area contributed by atoms with E-state index in [1.165, 1.54) is 6.33 Å². The second kappa shape index (κ2) is 11.5. The summed E-state index contributed by atoms with van der Waals surface area (Å²) in [6.07, 6.45) is 3.81. The summed E-state index contributed by atoms with van der Waals surface area (Å²) in [4.78, 5) is 33.9. The Morgan fingerprint density at radius 3 is 2.62 bits per heavy atom. The van der Waals surface area contributed by atoms with Crippen molar-refractivity contribution in [3.8, 4) is 11.1 Å². The molecule has 0 aliphatic rings. The van der Waals surface area contributed by atoms with E-state index in [9.17, 15) is 9.59 Å². The van der Waals surface area contributed by atoms with E-state index in [0.717, 1.165) is 11.3 Å². The molecule has 0 saturated carbocycles. The first-order chi connectivity index (χ1) is 17.8. The lowest BCUT2D eigenvalue weighted by Crippen LogP contribution is -2.25. The van der Waals surface area contributed by atoms with Gasteiger partial charge >= 0.3 is 6.03 Å². The molecule has 11 heteroatoms. The van der Waals surface area contributed by atoms with Crippen molar-refractivity contribution < 1.29 is 14.3 Å². The average molecular weight is 503 g/mol. The van der Waals surface area contributed by atoms with Gasteiger partial charge < -0.3 is 21.1 Å². The maximum atomic E-state index is 13.1. The average Bonchev–Trinajstić information content (AvgIpc) is 3.25. The van der Waals surface area contributed by atoms with E-state index in [0.29, 0.717) is 47.7 Å². The smallest absolute Gasteiger partial charge is 0.324 e. The molecule has 0 aliphatic carbocycles. The van der Waals surface area contributed by atoms with Crippen LogP contribution in [0.3, 0.4) is 0 Å². The second-order valence-corrected chi connectivity index (χ2v) is 8.71. The minimum atomic E-state index is -0.417. The number of benzene rings is 1. The standard InChI is InChI=1S/C26H30N8O3/c1-16(2)37-13-5-12-28-25(35)20-14-34-23(24(27)29-15-30-34)22(20)18-8-10-19(11-9-18)32-26(36)33-21-7-4-6-17(3)31-21/h4,6-11,14-16H,5,12-13H2,1-3H3,(H,28,35)(H2,27,29,30)(H2,31,32,33,36). The summed E-state index contributed by atoms with van der Waals surface area (Å²) in [5, 5.41) is 12.6. The first-order valence-electron chi connectivity index (χ1n) is 12.0. The minimum absolute atomic E-state index is 0.142. The number of hydrogen-bond acceptors (Lipinski definition) is 7. The Balaban J connectivity index is 1.53. The van der Waals surface area contributed by atoms with Crippen LogP contribution in [0.2, 0.25) is 0 Å². The summed E-state index contributed by atoms with van der Waals surface area (Å²) in [5.74, 6) is 0.453. The van der Waals surface area contributed by atoms with Crippen molar-refractivity contribution in [3.05, 3.63) is 66.2 Å². The number of urea groups is 1. The fraction of sp³-hybridized carbons (Fsp3) is 0.269. The van der Waals surface area contributed by atoms with Crippen LogP contribution >= 0.6 is 0 Å². The van der Waals surface area contributed by atoms with Crippen molar-refractivity contribution in [1.82, 2.24) is 24.9 Å². The first-order valence-corrected chi connectivity index (χ1v) is 12.0. The van der Waals surface area contributed by atoms with Gasteiger partial charge in [0.15, 0.2) is 5.82 Å². The second-order valence-electron chi connectivity index (χ2n) is 8.71. The van der Waals surface area contributed by atoms with E-state index in [1.54, 1.807) is 41.0 Å². The number of carbonyl (C=O) groups is 2. The minimum Gasteiger partial charge on any atom is -0.382 e. The van der Waals surface area contributed by atoms with Crippen molar-refractivity contribution in [2.45, 2.75) is 33.3 Å². The third kappa shape index (κ3) is 6.39. The van der Waals surface area contributed by atoms with Crippen LogP contribution < -0.4 is 21.7 Å². The Morgan fingerprint density at radius 2 is 1.89 bits per heavy atom. The van der Waals surface area contributed by atoms with E-state index >= 15 is 0 Å². The Bertz CT molecular complexity index is 1400. The summed E-state index contributed by atoms with van der Waals surface area (Å²) in [6, 6.07) is 12.0. The number of nitrogens with zero attached hydrogens (tertiary/aromatic N) is 4. The van der Waals surface area contributed by atoms with Gasteiger partial charge in [-0.05, 0) is 57.0 Å². The predicted octanol–water partition coefficient (Wildman–Crippen LogP) is 3.87. The number of nitrogens with one attached hydrogen (secondary N) is 3. The summed E-state index contributed by atoms with van der Waals surface area (Å²) in [5.41, 5.74) is 9.81. The molecule has 0 atom stereocenters. The van der Waals surface area contributed by atoms with Gasteiger partial charge in [0.1, 0.15) is 17.7 Å². The number of anilines is 3. The van der Waals surface area contributed by atoms with Gasteiger partial charge in [0, 0.05) is 36.3 Å². The Labute approximate surface area is 214 Å². The van der Waals surface area contributed by atoms with Gasteiger partial charge in [0.2, 0.25) is 0 Å². The molecular formula is C26H30N8O3. The zero-order valence-corrected chi connectivity index (χ0v) is 21.0. The number of rotatable bonds is 9. The van der Waals surface area contributed by atoms with Crippen LogP contribution in [0.4, 0.5) is 22.1 Å². The topological polar surface area (TPSA) is 149 Å². The number of pyridine rings is 1. The van der Waals surface area contributed by atoms with Crippen LogP contribution in [0.25, 0.3) is 16.6 Å². The molecule has 3 amide bonds. The van der Waals surface area contributed by atoms with Gasteiger partial charge in [-0.15, -0.1) is 0 Å². The monoisotopic (exact) mass is 502 g/mol. The zero-order valence-electron chi connectivity index (χ0n) is 21.0. The van der Waals surface area contributed by atoms with E-state index in [2.05, 4.69) is 31.0 Å². The van der Waals surface area contributed by atoms with Crippen molar-refractivity contribution in [2.75, 3.05) is 29.5 Å². The van der Waals surface area contributed by atoms with Crippen LogP contribution in [-0.4, -0.2) is 50.8 Å². The van der Waals surface area contributed by atoms with E-state index < -0.39 is 6.03 Å². The lowest BCUT2D eigenvalue weighted by atomic mass is 10.0. The summed E-state index contributed by atoms with van der Waals surface area (Å²) < 4.78 is 7.08. The number of nitrogen functional groups attached to an aromatic ring is 1. The molecule has 0 spiro atoms. The molecule has 3 heterocycles. The molecule has 0 radical (unpaired) electrons. The Morgan fingerprint density at radius 1 is 1.11 bits per heavy atom. The Kier molecular flexibility index (Phi) is 7.94. The molecule has 4 aromatic rings. The highest BCUT2D eigenvalue weighted by Crippen LogP contribution is 2.33. The van der Waals surface area contributed by atoms with Crippen molar-refractivity contribution in [3.63, 3.8) is 0 Å². The van der Waals surface area contributed by atoms with Gasteiger partial charge in [0.25, 0.3) is 5.91 Å². The molecule has 3 aromatic heterocycles. The van der Waals surface area contributed by atoms with Crippen LogP contribution in [0.1, 0.15) is 36.3 Å². The SMILES string of the molecule is Cc1cccc(NC(=O)Nc2ccc(-c3c(C(=O)NCCCOC(C)C)cn4ncnc(N)c34)cc2)n1. The number of ether oxygens (including phenoxy) is 1. The molecule has 11 nitrogen and oxygen atoms in total. The summed E-state index contributed by atoms with van der Waals surface area (Å²) in [7, 11) is 0. The molecule has 0 bridgehead atoms. The third-order valence-electron chi connectivity index (χ3n) is 5.47. The molecule has 37 heavy (non-hydrogen) atoms. The van der Waals surface area contributed by atoms with Crippen molar-refractivity contribution >= 4 is 34.8 Å². The number of nitrogens with two attached hydrogens (primary N) is 1.